The molecule has 0 aromatic heterocycles. The van der Waals surface area contributed by atoms with Gasteiger partial charge in [0, 0.05) is 11.5 Å². The van der Waals surface area contributed by atoms with Crippen molar-refractivity contribution in [1.29, 1.82) is 0 Å². The summed E-state index contributed by atoms with van der Waals surface area (Å²) in [6.07, 6.45) is 3.50. The first-order chi connectivity index (χ1) is 5.79. The second-order valence-electron chi connectivity index (χ2n) is 2.56. The van der Waals surface area contributed by atoms with Crippen LogP contribution in [0.2, 0.25) is 0 Å². The SMILES string of the molecule is C=CC(C=C)c1ccccc1O. The first-order valence-electron chi connectivity index (χ1n) is 3.82. The maximum atomic E-state index is 9.45. The average molecular weight is 160 g/mol. The second kappa shape index (κ2) is 3.77. The maximum Gasteiger partial charge on any atom is 0.119 e. The Bertz CT molecular complexity index is 281. The fraction of sp³-hybridized carbons (Fsp3) is 0.0909. The molecule has 0 bridgehead atoms. The van der Waals surface area contributed by atoms with Gasteiger partial charge in [0.25, 0.3) is 0 Å². The number of allylic oxidation sites excluding steroid dienone is 2. The van der Waals surface area contributed by atoms with Crippen molar-refractivity contribution in [3.05, 3.63) is 55.1 Å². The third kappa shape index (κ3) is 1.56. The molecule has 1 N–H and O–H groups in total. The molecule has 1 nitrogen and oxygen atoms in total. The summed E-state index contributed by atoms with van der Waals surface area (Å²) < 4.78 is 0. The molecule has 0 aliphatic carbocycles. The number of hydrogen-bond acceptors (Lipinski definition) is 1. The van der Waals surface area contributed by atoms with Gasteiger partial charge in [0.2, 0.25) is 0 Å². The van der Waals surface area contributed by atoms with Gasteiger partial charge < -0.3 is 5.11 Å². The van der Waals surface area contributed by atoms with E-state index in [4.69, 9.17) is 0 Å². The van der Waals surface area contributed by atoms with E-state index in [1.165, 1.54) is 0 Å². The van der Waals surface area contributed by atoms with E-state index in [0.717, 1.165) is 5.56 Å². The van der Waals surface area contributed by atoms with Crippen molar-refractivity contribution in [3.63, 3.8) is 0 Å². The number of hydrogen-bond donors (Lipinski definition) is 1. The van der Waals surface area contributed by atoms with Gasteiger partial charge in [0.15, 0.2) is 0 Å². The standard InChI is InChI=1S/C11H12O/c1-3-9(4-2)10-7-5-6-8-11(10)12/h3-9,12H,1-2H2. The molecule has 62 valence electrons. The highest BCUT2D eigenvalue weighted by Crippen LogP contribution is 2.26. The molecule has 1 aromatic rings. The van der Waals surface area contributed by atoms with Crippen molar-refractivity contribution < 1.29 is 5.11 Å². The molecule has 0 saturated carbocycles. The highest BCUT2D eigenvalue weighted by atomic mass is 16.3. The molecule has 0 aliphatic rings. The Morgan fingerprint density at radius 1 is 1.17 bits per heavy atom. The molecule has 0 amide bonds. The Balaban J connectivity index is 3.08. The van der Waals surface area contributed by atoms with Crippen molar-refractivity contribution >= 4 is 0 Å². The summed E-state index contributed by atoms with van der Waals surface area (Å²) in [5, 5.41) is 9.45. The Morgan fingerprint density at radius 2 is 1.75 bits per heavy atom. The maximum absolute atomic E-state index is 9.45. The molecule has 1 rings (SSSR count). The van der Waals surface area contributed by atoms with Crippen LogP contribution in [0.1, 0.15) is 11.5 Å². The summed E-state index contributed by atoms with van der Waals surface area (Å²) in [4.78, 5) is 0. The van der Waals surface area contributed by atoms with Crippen LogP contribution < -0.4 is 0 Å². The zero-order chi connectivity index (χ0) is 8.97. The van der Waals surface area contributed by atoms with Crippen LogP contribution in [-0.2, 0) is 0 Å². The van der Waals surface area contributed by atoms with Gasteiger partial charge in [-0.25, -0.2) is 0 Å². The van der Waals surface area contributed by atoms with Gasteiger partial charge in [0.1, 0.15) is 5.75 Å². The third-order valence-corrected chi connectivity index (χ3v) is 1.80. The number of benzene rings is 1. The van der Waals surface area contributed by atoms with Gasteiger partial charge in [-0.1, -0.05) is 30.4 Å². The van der Waals surface area contributed by atoms with E-state index >= 15 is 0 Å². The van der Waals surface area contributed by atoms with Gasteiger partial charge in [-0.2, -0.15) is 0 Å². The van der Waals surface area contributed by atoms with E-state index < -0.39 is 0 Å². The summed E-state index contributed by atoms with van der Waals surface area (Å²) in [5.41, 5.74) is 0.850. The molecule has 0 radical (unpaired) electrons. The fourth-order valence-electron chi connectivity index (χ4n) is 1.12. The Morgan fingerprint density at radius 3 is 2.25 bits per heavy atom. The molecule has 0 unspecified atom stereocenters. The van der Waals surface area contributed by atoms with Crippen LogP contribution in [0, 0.1) is 0 Å². The molecule has 0 fully saturated rings. The van der Waals surface area contributed by atoms with E-state index in [1.807, 2.05) is 12.1 Å². The third-order valence-electron chi connectivity index (χ3n) is 1.80. The molecule has 1 aromatic carbocycles. The van der Waals surface area contributed by atoms with Gasteiger partial charge in [-0.15, -0.1) is 13.2 Å². The number of aromatic hydroxyl groups is 1. The first-order valence-corrected chi connectivity index (χ1v) is 3.82. The molecule has 0 aliphatic heterocycles. The lowest BCUT2D eigenvalue weighted by Crippen LogP contribution is -1.89. The van der Waals surface area contributed by atoms with E-state index in [0.29, 0.717) is 5.75 Å². The van der Waals surface area contributed by atoms with E-state index in [9.17, 15) is 5.11 Å². The van der Waals surface area contributed by atoms with Crippen molar-refractivity contribution in [2.75, 3.05) is 0 Å². The lowest BCUT2D eigenvalue weighted by molar-refractivity contribution is 0.468. The normalized spacial score (nSPS) is 9.75. The summed E-state index contributed by atoms with van der Waals surface area (Å²) in [7, 11) is 0. The van der Waals surface area contributed by atoms with Crippen LogP contribution in [0.3, 0.4) is 0 Å². The molecule has 0 atom stereocenters. The fourth-order valence-corrected chi connectivity index (χ4v) is 1.12. The number of phenols is 1. The topological polar surface area (TPSA) is 20.2 Å². The Labute approximate surface area is 72.7 Å². The van der Waals surface area contributed by atoms with Crippen LogP contribution in [0.4, 0.5) is 0 Å². The van der Waals surface area contributed by atoms with E-state index in [1.54, 1.807) is 24.3 Å². The van der Waals surface area contributed by atoms with Gasteiger partial charge in [-0.05, 0) is 6.07 Å². The van der Waals surface area contributed by atoms with Crippen molar-refractivity contribution in [2.45, 2.75) is 5.92 Å². The van der Waals surface area contributed by atoms with Gasteiger partial charge >= 0.3 is 0 Å². The molecule has 0 heterocycles. The zero-order valence-corrected chi connectivity index (χ0v) is 6.90. The second-order valence-corrected chi connectivity index (χ2v) is 2.56. The summed E-state index contributed by atoms with van der Waals surface area (Å²) in [6, 6.07) is 7.20. The Hall–Kier alpha value is -1.50. The summed E-state index contributed by atoms with van der Waals surface area (Å²) >= 11 is 0. The largest absolute Gasteiger partial charge is 0.508 e. The van der Waals surface area contributed by atoms with Gasteiger partial charge in [0.05, 0.1) is 0 Å². The monoisotopic (exact) mass is 160 g/mol. The lowest BCUT2D eigenvalue weighted by atomic mass is 9.99. The van der Waals surface area contributed by atoms with Crippen LogP contribution in [0.25, 0.3) is 0 Å². The van der Waals surface area contributed by atoms with Crippen molar-refractivity contribution in [3.8, 4) is 5.75 Å². The lowest BCUT2D eigenvalue weighted by Gasteiger charge is -2.08. The predicted molar refractivity (Wildman–Crippen MR) is 51.2 cm³/mol. The quantitative estimate of drug-likeness (QED) is 0.674. The number of phenolic OH excluding ortho intramolecular Hbond substituents is 1. The summed E-state index contributed by atoms with van der Waals surface area (Å²) in [5.74, 6) is 0.327. The minimum atomic E-state index is 0.0335. The average Bonchev–Trinajstić information content (AvgIpc) is 2.10. The predicted octanol–water partition coefficient (Wildman–Crippen LogP) is 2.85. The van der Waals surface area contributed by atoms with Crippen LogP contribution in [0.5, 0.6) is 5.75 Å². The van der Waals surface area contributed by atoms with E-state index in [-0.39, 0.29) is 5.92 Å². The van der Waals surface area contributed by atoms with Crippen LogP contribution in [-0.4, -0.2) is 5.11 Å². The van der Waals surface area contributed by atoms with Crippen LogP contribution in [0.15, 0.2) is 49.6 Å². The summed E-state index contributed by atoms with van der Waals surface area (Å²) in [6.45, 7) is 7.33. The molecule has 12 heavy (non-hydrogen) atoms. The zero-order valence-electron chi connectivity index (χ0n) is 6.90. The van der Waals surface area contributed by atoms with E-state index in [2.05, 4.69) is 13.2 Å². The molecule has 0 saturated heterocycles. The minimum absolute atomic E-state index is 0.0335. The van der Waals surface area contributed by atoms with Crippen molar-refractivity contribution in [1.82, 2.24) is 0 Å². The highest BCUT2D eigenvalue weighted by molar-refractivity contribution is 5.39. The molecule has 0 spiro atoms. The van der Waals surface area contributed by atoms with Gasteiger partial charge in [-0.3, -0.25) is 0 Å². The minimum Gasteiger partial charge on any atom is -0.508 e. The highest BCUT2D eigenvalue weighted by Gasteiger charge is 2.06. The first kappa shape index (κ1) is 8.60. The number of rotatable bonds is 3. The molecular formula is C11H12O. The molecular weight excluding hydrogens is 148 g/mol. The Kier molecular flexibility index (Phi) is 2.70. The smallest absolute Gasteiger partial charge is 0.119 e. The number of para-hydroxylation sites is 1. The van der Waals surface area contributed by atoms with Crippen molar-refractivity contribution in [2.24, 2.45) is 0 Å². The molecule has 1 heteroatoms. The van der Waals surface area contributed by atoms with Crippen LogP contribution >= 0.6 is 0 Å².